The molecule has 0 bridgehead atoms. The van der Waals surface area contributed by atoms with Gasteiger partial charge in [-0.3, -0.25) is 4.79 Å². The maximum absolute atomic E-state index is 13.4. The van der Waals surface area contributed by atoms with Crippen molar-refractivity contribution in [1.29, 1.82) is 0 Å². The Morgan fingerprint density at radius 2 is 1.46 bits per heavy atom. The van der Waals surface area contributed by atoms with Gasteiger partial charge in [-0.15, -0.1) is 0 Å². The van der Waals surface area contributed by atoms with E-state index in [2.05, 4.69) is 4.74 Å². The lowest BCUT2D eigenvalue weighted by atomic mass is 10.1. The molecule has 1 rings (SSSR count). The molecule has 0 aliphatic carbocycles. The van der Waals surface area contributed by atoms with Crippen molar-refractivity contribution in [1.82, 2.24) is 5.32 Å². The number of nitrogens with one attached hydrogen (secondary N) is 1. The second-order valence-corrected chi connectivity index (χ2v) is 4.49. The minimum atomic E-state index is -2.38. The number of benzene rings is 1. The van der Waals surface area contributed by atoms with E-state index in [1.54, 1.807) is 0 Å². The monoisotopic (exact) mass is 354 g/mol. The molecule has 0 radical (unpaired) electrons. The molecule has 0 heterocycles. The van der Waals surface area contributed by atoms with Gasteiger partial charge in [0, 0.05) is 19.3 Å². The van der Waals surface area contributed by atoms with Gasteiger partial charge in [0.15, 0.2) is 23.3 Å². The van der Waals surface area contributed by atoms with Crippen LogP contribution in [0.3, 0.4) is 0 Å². The van der Waals surface area contributed by atoms with Gasteiger partial charge in [0.05, 0.1) is 5.56 Å². The summed E-state index contributed by atoms with van der Waals surface area (Å²) in [7, 11) is 0. The second kappa shape index (κ2) is 7.70. The van der Waals surface area contributed by atoms with Crippen LogP contribution in [-0.2, 0) is 25.7 Å². The summed E-state index contributed by atoms with van der Waals surface area (Å²) >= 11 is 0. The number of carboxylic acids is 1. The van der Waals surface area contributed by atoms with Crippen LogP contribution in [0.25, 0.3) is 0 Å². The summed E-state index contributed by atoms with van der Waals surface area (Å²) in [6, 6.07) is -1.76. The normalized spacial score (nSPS) is 11.8. The fourth-order valence-electron chi connectivity index (χ4n) is 1.63. The van der Waals surface area contributed by atoms with Crippen LogP contribution in [0.15, 0.2) is 0 Å². The van der Waals surface area contributed by atoms with Gasteiger partial charge in [0.1, 0.15) is 12.6 Å². The lowest BCUT2D eigenvalue weighted by molar-refractivity contribution is -0.306. The average molecular weight is 354 g/mol. The van der Waals surface area contributed by atoms with Crippen molar-refractivity contribution in [2.45, 2.75) is 26.0 Å². The van der Waals surface area contributed by atoms with E-state index < -0.39 is 71.6 Å². The smallest absolute Gasteiger partial charge is 0.329 e. The van der Waals surface area contributed by atoms with Gasteiger partial charge in [-0.2, -0.15) is 0 Å². The van der Waals surface area contributed by atoms with Crippen LogP contribution in [0.2, 0.25) is 0 Å². The van der Waals surface area contributed by atoms with Crippen molar-refractivity contribution in [3.05, 3.63) is 34.6 Å². The number of rotatable bonds is 6. The molecule has 0 saturated carbocycles. The molecule has 1 aromatic carbocycles. The summed E-state index contributed by atoms with van der Waals surface area (Å²) in [6.07, 6.45) is -1.02. The SMILES string of the molecule is CC(=O)N[C@@H](CC(=O)[O-])C(=O)OCc1c(F)c(F)c(F)c(F)c1F. The minimum Gasteiger partial charge on any atom is -0.550 e. The Labute approximate surface area is 131 Å². The Kier molecular flexibility index (Phi) is 6.20. The molecule has 1 amide bonds. The van der Waals surface area contributed by atoms with Crippen LogP contribution in [0.1, 0.15) is 18.9 Å². The highest BCUT2D eigenvalue weighted by Crippen LogP contribution is 2.23. The van der Waals surface area contributed by atoms with Crippen LogP contribution in [0.4, 0.5) is 22.0 Å². The molecule has 24 heavy (non-hydrogen) atoms. The Balaban J connectivity index is 2.97. The van der Waals surface area contributed by atoms with E-state index in [0.717, 1.165) is 6.92 Å². The second-order valence-electron chi connectivity index (χ2n) is 4.49. The first-order valence-electron chi connectivity index (χ1n) is 6.20. The molecule has 1 aromatic rings. The number of halogens is 5. The summed E-state index contributed by atoms with van der Waals surface area (Å²) < 4.78 is 69.9. The van der Waals surface area contributed by atoms with Crippen molar-refractivity contribution in [3.63, 3.8) is 0 Å². The number of aliphatic carboxylic acids is 1. The van der Waals surface area contributed by atoms with E-state index in [4.69, 9.17) is 0 Å². The lowest BCUT2D eigenvalue weighted by Gasteiger charge is -2.17. The molecule has 0 saturated heterocycles. The number of carbonyl (C=O) groups excluding carboxylic acids is 3. The zero-order chi connectivity index (χ0) is 18.6. The maximum atomic E-state index is 13.4. The maximum Gasteiger partial charge on any atom is 0.329 e. The summed E-state index contributed by atoms with van der Waals surface area (Å²) in [5.41, 5.74) is -1.42. The number of carbonyl (C=O) groups is 3. The van der Waals surface area contributed by atoms with Crippen molar-refractivity contribution in [2.75, 3.05) is 0 Å². The van der Waals surface area contributed by atoms with Crippen molar-refractivity contribution in [2.24, 2.45) is 0 Å². The molecule has 1 N–H and O–H groups in total. The summed E-state index contributed by atoms with van der Waals surface area (Å²) in [4.78, 5) is 32.9. The van der Waals surface area contributed by atoms with Crippen molar-refractivity contribution < 1.29 is 46.2 Å². The van der Waals surface area contributed by atoms with E-state index in [9.17, 15) is 41.4 Å². The van der Waals surface area contributed by atoms with Crippen LogP contribution in [0, 0.1) is 29.1 Å². The first-order chi connectivity index (χ1) is 11.1. The summed E-state index contributed by atoms with van der Waals surface area (Å²) in [5, 5.41) is 12.4. The minimum absolute atomic E-state index is 0.825. The van der Waals surface area contributed by atoms with Gasteiger partial charge in [-0.1, -0.05) is 0 Å². The first kappa shape index (κ1) is 19.3. The van der Waals surface area contributed by atoms with Gasteiger partial charge in [0.25, 0.3) is 0 Å². The van der Waals surface area contributed by atoms with Crippen molar-refractivity contribution in [3.8, 4) is 0 Å². The Bertz CT molecular complexity index is 649. The third-order valence-electron chi connectivity index (χ3n) is 2.69. The molecule has 0 aromatic heterocycles. The zero-order valence-corrected chi connectivity index (χ0v) is 11.9. The highest BCUT2D eigenvalue weighted by molar-refractivity contribution is 5.86. The Morgan fingerprint density at radius 1 is 1.00 bits per heavy atom. The summed E-state index contributed by atoms with van der Waals surface area (Å²) in [5.74, 6) is -15.3. The highest BCUT2D eigenvalue weighted by Gasteiger charge is 2.28. The number of esters is 1. The quantitative estimate of drug-likeness (QED) is 0.338. The van der Waals surface area contributed by atoms with Gasteiger partial charge in [-0.05, 0) is 0 Å². The molecule has 132 valence electrons. The molecular formula is C13H9F5NO5-. The fraction of sp³-hybridized carbons (Fsp3) is 0.308. The van der Waals surface area contributed by atoms with Crippen LogP contribution in [0.5, 0.6) is 0 Å². The average Bonchev–Trinajstić information content (AvgIpc) is 2.49. The molecule has 0 aliphatic heterocycles. The number of ether oxygens (including phenoxy) is 1. The molecule has 11 heteroatoms. The fourth-order valence-corrected chi connectivity index (χ4v) is 1.63. The van der Waals surface area contributed by atoms with Crippen LogP contribution in [-0.4, -0.2) is 23.9 Å². The molecule has 1 atom stereocenters. The number of hydrogen-bond acceptors (Lipinski definition) is 5. The first-order valence-corrected chi connectivity index (χ1v) is 6.20. The molecule has 0 unspecified atom stereocenters. The molecular weight excluding hydrogens is 345 g/mol. The molecule has 0 spiro atoms. The number of amides is 1. The van der Waals surface area contributed by atoms with Crippen LogP contribution >= 0.6 is 0 Å². The van der Waals surface area contributed by atoms with E-state index in [-0.39, 0.29) is 0 Å². The van der Waals surface area contributed by atoms with E-state index in [1.165, 1.54) is 0 Å². The topological polar surface area (TPSA) is 95.5 Å². The van der Waals surface area contributed by atoms with Gasteiger partial charge in [-0.25, -0.2) is 26.7 Å². The Morgan fingerprint density at radius 3 is 1.88 bits per heavy atom. The number of carboxylic acid groups (broad SMARTS) is 1. The predicted octanol–water partition coefficient (Wildman–Crippen LogP) is 0.0700. The van der Waals surface area contributed by atoms with Gasteiger partial charge >= 0.3 is 5.97 Å². The zero-order valence-electron chi connectivity index (χ0n) is 11.9. The molecule has 0 aliphatic rings. The largest absolute Gasteiger partial charge is 0.550 e. The van der Waals surface area contributed by atoms with E-state index in [1.807, 2.05) is 5.32 Å². The molecule has 6 nitrogen and oxygen atoms in total. The third kappa shape index (κ3) is 4.40. The third-order valence-corrected chi connectivity index (χ3v) is 2.69. The van der Waals surface area contributed by atoms with Crippen LogP contribution < -0.4 is 10.4 Å². The van der Waals surface area contributed by atoms with E-state index in [0.29, 0.717) is 0 Å². The van der Waals surface area contributed by atoms with E-state index >= 15 is 0 Å². The standard InChI is InChI=1S/C13H10F5NO5/c1-4(20)19-6(2-7(21)22)13(23)24-3-5-8(14)10(16)12(18)11(17)9(5)15/h6H,2-3H2,1H3,(H,19,20)(H,21,22)/p-1/t6-/m0/s1. The van der Waals surface area contributed by atoms with Gasteiger partial charge in [0.2, 0.25) is 11.7 Å². The highest BCUT2D eigenvalue weighted by atomic mass is 19.2. The summed E-state index contributed by atoms with van der Waals surface area (Å²) in [6.45, 7) is -0.423. The predicted molar refractivity (Wildman–Crippen MR) is 63.3 cm³/mol. The van der Waals surface area contributed by atoms with Crippen molar-refractivity contribution >= 4 is 17.8 Å². The lowest BCUT2D eigenvalue weighted by Crippen LogP contribution is -2.44. The Hall–Kier alpha value is -2.72. The molecule has 0 fully saturated rings. The number of hydrogen-bond donors (Lipinski definition) is 1. The van der Waals surface area contributed by atoms with Gasteiger partial charge < -0.3 is 20.0 Å².